The number of methoxy groups -OCH3 is 1. The lowest BCUT2D eigenvalue weighted by Crippen LogP contribution is -2.41. The third-order valence-corrected chi connectivity index (χ3v) is 2.41. The van der Waals surface area contributed by atoms with Crippen molar-refractivity contribution in [2.75, 3.05) is 20.2 Å². The molecule has 13 heavy (non-hydrogen) atoms. The second kappa shape index (κ2) is 5.19. The summed E-state index contributed by atoms with van der Waals surface area (Å²) in [7, 11) is 1.54. The Morgan fingerprint density at radius 1 is 1.77 bits per heavy atom. The van der Waals surface area contributed by atoms with Crippen molar-refractivity contribution in [1.29, 1.82) is 0 Å². The second-order valence-electron chi connectivity index (χ2n) is 3.42. The Labute approximate surface area is 79.0 Å². The van der Waals surface area contributed by atoms with E-state index in [2.05, 4.69) is 10.6 Å². The predicted molar refractivity (Wildman–Crippen MR) is 50.5 cm³/mol. The molecule has 1 rings (SSSR count). The molecule has 1 heterocycles. The van der Waals surface area contributed by atoms with Crippen LogP contribution in [0.5, 0.6) is 0 Å². The van der Waals surface area contributed by atoms with E-state index in [1.807, 2.05) is 0 Å². The van der Waals surface area contributed by atoms with Crippen LogP contribution in [-0.2, 0) is 9.53 Å². The van der Waals surface area contributed by atoms with Crippen molar-refractivity contribution in [1.82, 2.24) is 10.6 Å². The molecule has 0 aliphatic carbocycles. The predicted octanol–water partition coefficient (Wildman–Crippen LogP) is -0.110. The monoisotopic (exact) mass is 186 g/mol. The number of amides is 1. The fourth-order valence-electron chi connectivity index (χ4n) is 1.41. The maximum atomic E-state index is 11.3. The van der Waals surface area contributed by atoms with E-state index in [4.69, 9.17) is 4.74 Å². The van der Waals surface area contributed by atoms with E-state index in [1.165, 1.54) is 13.5 Å². The molecule has 1 aliphatic rings. The Morgan fingerprint density at radius 2 is 2.54 bits per heavy atom. The summed E-state index contributed by atoms with van der Waals surface area (Å²) in [5.74, 6) is -0.0313. The van der Waals surface area contributed by atoms with Gasteiger partial charge in [-0.05, 0) is 26.3 Å². The molecule has 1 fully saturated rings. The van der Waals surface area contributed by atoms with E-state index in [9.17, 15) is 4.79 Å². The number of hydrogen-bond donors (Lipinski definition) is 2. The summed E-state index contributed by atoms with van der Waals surface area (Å²) in [6, 6.07) is 0.452. The van der Waals surface area contributed by atoms with Crippen molar-refractivity contribution in [3.05, 3.63) is 0 Å². The minimum atomic E-state index is -0.346. The van der Waals surface area contributed by atoms with Gasteiger partial charge in [-0.1, -0.05) is 0 Å². The molecule has 0 radical (unpaired) electrons. The highest BCUT2D eigenvalue weighted by Gasteiger charge is 2.16. The number of carbonyl (C=O) groups excluding carboxylic acids is 1. The van der Waals surface area contributed by atoms with Crippen LogP contribution in [-0.4, -0.2) is 38.3 Å². The molecule has 0 bridgehead atoms. The van der Waals surface area contributed by atoms with Crippen molar-refractivity contribution in [2.24, 2.45) is 0 Å². The molecule has 0 saturated carbocycles. The Morgan fingerprint density at radius 3 is 3.08 bits per heavy atom. The first-order chi connectivity index (χ1) is 6.24. The summed E-state index contributed by atoms with van der Waals surface area (Å²) >= 11 is 0. The lowest BCUT2D eigenvalue weighted by Gasteiger charge is -2.14. The first kappa shape index (κ1) is 10.5. The van der Waals surface area contributed by atoms with Gasteiger partial charge in [0.2, 0.25) is 5.91 Å². The van der Waals surface area contributed by atoms with Crippen LogP contribution in [0.2, 0.25) is 0 Å². The number of carbonyl (C=O) groups is 1. The van der Waals surface area contributed by atoms with Gasteiger partial charge in [-0.2, -0.15) is 0 Å². The van der Waals surface area contributed by atoms with Crippen LogP contribution in [0.3, 0.4) is 0 Å². The molecule has 1 saturated heterocycles. The molecule has 0 aromatic carbocycles. The van der Waals surface area contributed by atoms with Crippen LogP contribution in [0.4, 0.5) is 0 Å². The van der Waals surface area contributed by atoms with Gasteiger partial charge in [0.25, 0.3) is 0 Å². The quantitative estimate of drug-likeness (QED) is 0.644. The van der Waals surface area contributed by atoms with E-state index in [0.717, 1.165) is 13.0 Å². The summed E-state index contributed by atoms with van der Waals surface area (Å²) in [4.78, 5) is 11.3. The molecule has 0 spiro atoms. The SMILES string of the molecule is COC(C)C(=O)NCC1CCCN1. The largest absolute Gasteiger partial charge is 0.372 e. The van der Waals surface area contributed by atoms with Crippen LogP contribution < -0.4 is 10.6 Å². The molecule has 0 aromatic heterocycles. The minimum absolute atomic E-state index is 0.0313. The Bertz CT molecular complexity index is 167. The van der Waals surface area contributed by atoms with Crippen molar-refractivity contribution in [3.8, 4) is 0 Å². The molecular weight excluding hydrogens is 168 g/mol. The van der Waals surface area contributed by atoms with Gasteiger partial charge in [0.1, 0.15) is 6.10 Å². The maximum absolute atomic E-state index is 11.3. The molecule has 1 aliphatic heterocycles. The highest BCUT2D eigenvalue weighted by atomic mass is 16.5. The van der Waals surface area contributed by atoms with Gasteiger partial charge in [0.05, 0.1) is 0 Å². The van der Waals surface area contributed by atoms with Gasteiger partial charge in [-0.3, -0.25) is 4.79 Å². The topological polar surface area (TPSA) is 50.4 Å². The lowest BCUT2D eigenvalue weighted by molar-refractivity contribution is -0.130. The first-order valence-corrected chi connectivity index (χ1v) is 4.78. The van der Waals surface area contributed by atoms with Gasteiger partial charge < -0.3 is 15.4 Å². The second-order valence-corrected chi connectivity index (χ2v) is 3.42. The van der Waals surface area contributed by atoms with E-state index in [1.54, 1.807) is 6.92 Å². The van der Waals surface area contributed by atoms with E-state index >= 15 is 0 Å². The fourth-order valence-corrected chi connectivity index (χ4v) is 1.41. The van der Waals surface area contributed by atoms with E-state index < -0.39 is 0 Å². The van der Waals surface area contributed by atoms with E-state index in [0.29, 0.717) is 12.6 Å². The fraction of sp³-hybridized carbons (Fsp3) is 0.889. The number of nitrogens with one attached hydrogen (secondary N) is 2. The number of ether oxygens (including phenoxy) is 1. The van der Waals surface area contributed by atoms with E-state index in [-0.39, 0.29) is 12.0 Å². The van der Waals surface area contributed by atoms with Gasteiger partial charge >= 0.3 is 0 Å². The average molecular weight is 186 g/mol. The zero-order valence-corrected chi connectivity index (χ0v) is 8.30. The van der Waals surface area contributed by atoms with Crippen LogP contribution in [0, 0.1) is 0 Å². The van der Waals surface area contributed by atoms with Crippen molar-refractivity contribution in [2.45, 2.75) is 31.9 Å². The Hall–Kier alpha value is -0.610. The first-order valence-electron chi connectivity index (χ1n) is 4.78. The minimum Gasteiger partial charge on any atom is -0.372 e. The Balaban J connectivity index is 2.13. The van der Waals surface area contributed by atoms with Crippen LogP contribution in [0.25, 0.3) is 0 Å². The Kier molecular flexibility index (Phi) is 4.18. The summed E-state index contributed by atoms with van der Waals surface area (Å²) in [6.07, 6.45) is 2.02. The summed E-state index contributed by atoms with van der Waals surface area (Å²) in [6.45, 7) is 3.53. The van der Waals surface area contributed by atoms with Gasteiger partial charge in [0.15, 0.2) is 0 Å². The van der Waals surface area contributed by atoms with Gasteiger partial charge in [-0.15, -0.1) is 0 Å². The molecule has 4 nitrogen and oxygen atoms in total. The van der Waals surface area contributed by atoms with Crippen molar-refractivity contribution < 1.29 is 9.53 Å². The normalized spacial score (nSPS) is 24.3. The lowest BCUT2D eigenvalue weighted by atomic mass is 10.2. The third kappa shape index (κ3) is 3.32. The zero-order chi connectivity index (χ0) is 9.68. The third-order valence-electron chi connectivity index (χ3n) is 2.41. The highest BCUT2D eigenvalue weighted by molar-refractivity contribution is 5.80. The molecule has 2 unspecified atom stereocenters. The smallest absolute Gasteiger partial charge is 0.248 e. The average Bonchev–Trinajstić information content (AvgIpc) is 2.65. The van der Waals surface area contributed by atoms with Crippen molar-refractivity contribution >= 4 is 5.91 Å². The summed E-state index contributed by atoms with van der Waals surface area (Å²) in [5, 5.41) is 6.16. The molecule has 1 amide bonds. The number of hydrogen-bond acceptors (Lipinski definition) is 3. The molecular formula is C9H18N2O2. The summed E-state index contributed by atoms with van der Waals surface area (Å²) < 4.78 is 4.89. The molecule has 76 valence electrons. The molecule has 2 atom stereocenters. The van der Waals surface area contributed by atoms with Crippen molar-refractivity contribution in [3.63, 3.8) is 0 Å². The van der Waals surface area contributed by atoms with Crippen LogP contribution >= 0.6 is 0 Å². The van der Waals surface area contributed by atoms with Crippen LogP contribution in [0.15, 0.2) is 0 Å². The van der Waals surface area contributed by atoms with Crippen LogP contribution in [0.1, 0.15) is 19.8 Å². The molecule has 0 aromatic rings. The van der Waals surface area contributed by atoms with Gasteiger partial charge in [0, 0.05) is 19.7 Å². The standard InChI is InChI=1S/C9H18N2O2/c1-7(13-2)9(12)11-6-8-4-3-5-10-8/h7-8,10H,3-6H2,1-2H3,(H,11,12). The van der Waals surface area contributed by atoms with Gasteiger partial charge in [-0.25, -0.2) is 0 Å². The maximum Gasteiger partial charge on any atom is 0.248 e. The number of rotatable bonds is 4. The molecule has 4 heteroatoms. The molecule has 2 N–H and O–H groups in total. The summed E-state index contributed by atoms with van der Waals surface area (Å²) in [5.41, 5.74) is 0. The highest BCUT2D eigenvalue weighted by Crippen LogP contribution is 2.03. The zero-order valence-electron chi connectivity index (χ0n) is 8.30.